The first-order valence-corrected chi connectivity index (χ1v) is 5.22. The summed E-state index contributed by atoms with van der Waals surface area (Å²) in [6.45, 7) is 1.42. The van der Waals surface area contributed by atoms with Gasteiger partial charge in [-0.3, -0.25) is 9.36 Å². The van der Waals surface area contributed by atoms with E-state index in [1.807, 2.05) is 0 Å². The third-order valence-electron chi connectivity index (χ3n) is 1.20. The summed E-state index contributed by atoms with van der Waals surface area (Å²) in [5.41, 5.74) is 5.37. The van der Waals surface area contributed by atoms with Crippen LogP contribution in [0.4, 0.5) is 0 Å². The predicted octanol–water partition coefficient (Wildman–Crippen LogP) is -0.478. The lowest BCUT2D eigenvalue weighted by Gasteiger charge is -2.05. The van der Waals surface area contributed by atoms with Crippen molar-refractivity contribution in [1.82, 2.24) is 0 Å². The third kappa shape index (κ3) is 6.48. The zero-order valence-corrected chi connectivity index (χ0v) is 7.94. The number of allylic oxidation sites excluding steroid dienone is 1. The largest absolute Gasteiger partial charge is 0.480 e. The van der Waals surface area contributed by atoms with Gasteiger partial charge in [0, 0.05) is 0 Å². The second-order valence-electron chi connectivity index (χ2n) is 2.70. The molecular weight excluding hydrogens is 197 g/mol. The van der Waals surface area contributed by atoms with Crippen LogP contribution in [-0.4, -0.2) is 33.1 Å². The van der Waals surface area contributed by atoms with E-state index in [9.17, 15) is 9.36 Å². The van der Waals surface area contributed by atoms with Crippen molar-refractivity contribution in [3.63, 3.8) is 0 Å². The Morgan fingerprint density at radius 1 is 1.62 bits per heavy atom. The Morgan fingerprint density at radius 3 is 2.38 bits per heavy atom. The van der Waals surface area contributed by atoms with E-state index >= 15 is 0 Å². The van der Waals surface area contributed by atoms with Gasteiger partial charge in [-0.05, 0) is 6.92 Å². The van der Waals surface area contributed by atoms with E-state index in [1.54, 1.807) is 0 Å². The molecule has 0 heterocycles. The number of carboxylic acid groups (broad SMARTS) is 1. The molecule has 0 radical (unpaired) electrons. The molecule has 0 aromatic heterocycles. The topological polar surface area (TPSA) is 121 Å². The maximum atomic E-state index is 10.5. The van der Waals surface area contributed by atoms with Gasteiger partial charge in [-0.1, -0.05) is 11.6 Å². The fourth-order valence-corrected chi connectivity index (χ4v) is 1.51. The predicted molar refractivity (Wildman–Crippen MR) is 46.3 cm³/mol. The van der Waals surface area contributed by atoms with Gasteiger partial charge in [0.1, 0.15) is 6.04 Å². The summed E-state index contributed by atoms with van der Waals surface area (Å²) in [4.78, 5) is 27.3. The monoisotopic (exact) mass is 209 g/mol. The second-order valence-corrected chi connectivity index (χ2v) is 4.35. The Balaban J connectivity index is 4.34. The van der Waals surface area contributed by atoms with Gasteiger partial charge in [0.15, 0.2) is 0 Å². The van der Waals surface area contributed by atoms with Crippen LogP contribution in [0.15, 0.2) is 11.6 Å². The molecule has 0 amide bonds. The van der Waals surface area contributed by atoms with Gasteiger partial charge in [0.2, 0.25) is 0 Å². The molecule has 76 valence electrons. The van der Waals surface area contributed by atoms with Crippen molar-refractivity contribution in [2.24, 2.45) is 5.73 Å². The molecule has 0 fully saturated rings. The Morgan fingerprint density at radius 2 is 2.08 bits per heavy atom. The molecule has 0 unspecified atom stereocenters. The minimum absolute atomic E-state index is 0.267. The molecule has 0 saturated carbocycles. The van der Waals surface area contributed by atoms with Crippen molar-refractivity contribution in [2.45, 2.75) is 13.0 Å². The molecule has 6 nitrogen and oxygen atoms in total. The van der Waals surface area contributed by atoms with Crippen LogP contribution < -0.4 is 5.73 Å². The minimum atomic E-state index is -4.13. The van der Waals surface area contributed by atoms with Crippen LogP contribution in [0.5, 0.6) is 0 Å². The first-order valence-electron chi connectivity index (χ1n) is 3.42. The van der Waals surface area contributed by atoms with Crippen LogP contribution in [0.3, 0.4) is 0 Å². The fourth-order valence-electron chi connectivity index (χ4n) is 0.755. The van der Waals surface area contributed by atoms with Crippen molar-refractivity contribution in [2.75, 3.05) is 6.16 Å². The molecule has 0 aliphatic rings. The van der Waals surface area contributed by atoms with Gasteiger partial charge < -0.3 is 20.6 Å². The average Bonchev–Trinajstić information content (AvgIpc) is 1.81. The highest BCUT2D eigenvalue weighted by Gasteiger charge is 2.15. The van der Waals surface area contributed by atoms with Gasteiger partial charge in [-0.25, -0.2) is 0 Å². The SMILES string of the molecule is CC(=C[C@@H](N)C(=O)O)CP(=O)(O)O. The molecule has 0 aromatic carbocycles. The van der Waals surface area contributed by atoms with Gasteiger partial charge in [-0.15, -0.1) is 0 Å². The summed E-state index contributed by atoms with van der Waals surface area (Å²) < 4.78 is 10.5. The van der Waals surface area contributed by atoms with Crippen LogP contribution >= 0.6 is 7.60 Å². The first kappa shape index (κ1) is 12.3. The molecule has 0 rings (SSSR count). The first-order chi connectivity index (χ1) is 5.72. The second kappa shape index (κ2) is 4.53. The van der Waals surface area contributed by atoms with E-state index < -0.39 is 25.8 Å². The lowest BCUT2D eigenvalue weighted by Crippen LogP contribution is -2.28. The van der Waals surface area contributed by atoms with Crippen LogP contribution in [-0.2, 0) is 9.36 Å². The van der Waals surface area contributed by atoms with E-state index in [4.69, 9.17) is 20.6 Å². The van der Waals surface area contributed by atoms with E-state index in [0.29, 0.717) is 0 Å². The van der Waals surface area contributed by atoms with Gasteiger partial charge in [0.05, 0.1) is 6.16 Å². The zero-order valence-electron chi connectivity index (χ0n) is 7.04. The Labute approximate surface area is 75.2 Å². The van der Waals surface area contributed by atoms with Crippen molar-refractivity contribution in [3.05, 3.63) is 11.6 Å². The summed E-state index contributed by atoms with van der Waals surface area (Å²) in [5.74, 6) is -1.23. The molecular formula is C6H12NO5P. The van der Waals surface area contributed by atoms with Gasteiger partial charge in [0.25, 0.3) is 0 Å². The van der Waals surface area contributed by atoms with Gasteiger partial charge in [-0.2, -0.15) is 0 Å². The Bertz CT molecular complexity index is 268. The quantitative estimate of drug-likeness (QED) is 0.366. The van der Waals surface area contributed by atoms with Crippen molar-refractivity contribution in [1.29, 1.82) is 0 Å². The summed E-state index contributed by atoms with van der Waals surface area (Å²) >= 11 is 0. The summed E-state index contributed by atoms with van der Waals surface area (Å²) in [7, 11) is -4.13. The highest BCUT2D eigenvalue weighted by molar-refractivity contribution is 7.52. The molecule has 0 aliphatic heterocycles. The minimum Gasteiger partial charge on any atom is -0.480 e. The molecule has 0 saturated heterocycles. The van der Waals surface area contributed by atoms with Crippen LogP contribution in [0, 0.1) is 0 Å². The van der Waals surface area contributed by atoms with E-state index in [-0.39, 0.29) is 5.57 Å². The lowest BCUT2D eigenvalue weighted by atomic mass is 10.2. The average molecular weight is 209 g/mol. The molecule has 7 heteroatoms. The van der Waals surface area contributed by atoms with Crippen LogP contribution in [0.1, 0.15) is 6.92 Å². The lowest BCUT2D eigenvalue weighted by molar-refractivity contribution is -0.137. The van der Waals surface area contributed by atoms with E-state index in [0.717, 1.165) is 6.08 Å². The van der Waals surface area contributed by atoms with Crippen molar-refractivity contribution in [3.8, 4) is 0 Å². The van der Waals surface area contributed by atoms with Crippen LogP contribution in [0.2, 0.25) is 0 Å². The highest BCUT2D eigenvalue weighted by Crippen LogP contribution is 2.36. The zero-order chi connectivity index (χ0) is 10.6. The number of carbonyl (C=O) groups is 1. The maximum absolute atomic E-state index is 10.5. The number of rotatable bonds is 4. The fraction of sp³-hybridized carbons (Fsp3) is 0.500. The summed E-state index contributed by atoms with van der Waals surface area (Å²) in [6, 6.07) is -1.22. The van der Waals surface area contributed by atoms with E-state index in [2.05, 4.69) is 0 Å². The molecule has 13 heavy (non-hydrogen) atoms. The summed E-state index contributed by atoms with van der Waals surface area (Å²) in [6.07, 6.45) is 0.648. The molecule has 1 atom stereocenters. The third-order valence-corrected chi connectivity index (χ3v) is 2.12. The number of nitrogens with two attached hydrogens (primary N) is 1. The van der Waals surface area contributed by atoms with Crippen LogP contribution in [0.25, 0.3) is 0 Å². The molecule has 0 aliphatic carbocycles. The normalized spacial score (nSPS) is 15.5. The highest BCUT2D eigenvalue weighted by atomic mass is 31.2. The van der Waals surface area contributed by atoms with Crippen molar-refractivity contribution >= 4 is 13.6 Å². The molecule has 0 spiro atoms. The maximum Gasteiger partial charge on any atom is 0.329 e. The number of carboxylic acids is 1. The van der Waals surface area contributed by atoms with Crippen molar-refractivity contribution < 1.29 is 24.3 Å². The van der Waals surface area contributed by atoms with Gasteiger partial charge >= 0.3 is 13.6 Å². The van der Waals surface area contributed by atoms with E-state index in [1.165, 1.54) is 6.92 Å². The summed E-state index contributed by atoms with van der Waals surface area (Å²) in [5, 5.41) is 8.37. The molecule has 5 N–H and O–H groups in total. The standard InChI is InChI=1S/C6H12NO5P/c1-4(3-13(10,11)12)2-5(7)6(8)9/h2,5H,3,7H2,1H3,(H,8,9)(H2,10,11,12)/t5-/m1/s1. The number of hydrogen-bond donors (Lipinski definition) is 4. The smallest absolute Gasteiger partial charge is 0.329 e. The number of hydrogen-bond acceptors (Lipinski definition) is 3. The Hall–Kier alpha value is -0.680. The Kier molecular flexibility index (Phi) is 4.29. The number of aliphatic carboxylic acids is 1. The molecule has 0 aromatic rings. The molecule has 0 bridgehead atoms.